The number of amides is 2. The minimum Gasteiger partial charge on any atom is -0.444 e. The van der Waals surface area contributed by atoms with Crippen LogP contribution in [-0.2, 0) is 18.8 Å². The summed E-state index contributed by atoms with van der Waals surface area (Å²) in [6.45, 7) is 18.4. The molecule has 2 atom stereocenters. The number of carbonyl (C=O) groups is 2. The van der Waals surface area contributed by atoms with E-state index in [0.29, 0.717) is 19.0 Å². The molecule has 11 heteroatoms. The summed E-state index contributed by atoms with van der Waals surface area (Å²) in [7, 11) is 1.42. The molecule has 2 fully saturated rings. The Kier molecular flexibility index (Phi) is 7.96. The van der Waals surface area contributed by atoms with Crippen LogP contribution in [0.2, 0.25) is 0 Å². The minimum atomic E-state index is -0.653. The van der Waals surface area contributed by atoms with E-state index < -0.39 is 36.1 Å². The molecule has 1 N–H and O–H groups in total. The van der Waals surface area contributed by atoms with Crippen molar-refractivity contribution in [2.45, 2.75) is 97.6 Å². The lowest BCUT2D eigenvalue weighted by atomic mass is 9.81. The van der Waals surface area contributed by atoms with Gasteiger partial charge in [0, 0.05) is 38.0 Å². The van der Waals surface area contributed by atoms with Crippen molar-refractivity contribution >= 4 is 30.5 Å². The molecule has 1 aromatic rings. The molecule has 0 aliphatic carbocycles. The molecule has 2 aliphatic rings. The lowest BCUT2D eigenvalue weighted by Gasteiger charge is -2.32. The van der Waals surface area contributed by atoms with Gasteiger partial charge in [0.1, 0.15) is 11.6 Å². The van der Waals surface area contributed by atoms with Crippen LogP contribution < -0.4 is 15.7 Å². The smallest absolute Gasteiger partial charge is 0.444 e. The zero-order chi connectivity index (χ0) is 27.1. The van der Waals surface area contributed by atoms with E-state index in [1.54, 1.807) is 38.1 Å². The highest BCUT2D eigenvalue weighted by atomic mass is 16.7. The lowest BCUT2D eigenvalue weighted by molar-refractivity contribution is -0.133. The second kappa shape index (κ2) is 10.2. The van der Waals surface area contributed by atoms with Gasteiger partial charge >= 0.3 is 13.2 Å². The average molecular weight is 503 g/mol. The quantitative estimate of drug-likeness (QED) is 0.590. The first-order valence-electron chi connectivity index (χ1n) is 12.7. The Morgan fingerprint density at radius 2 is 1.72 bits per heavy atom. The summed E-state index contributed by atoms with van der Waals surface area (Å²) in [6.07, 6.45) is 3.66. The Balaban J connectivity index is 1.61. The molecule has 0 bridgehead atoms. The Labute approximate surface area is 215 Å². The third-order valence-corrected chi connectivity index (χ3v) is 7.13. The van der Waals surface area contributed by atoms with Gasteiger partial charge in [0.25, 0.3) is 0 Å². The Morgan fingerprint density at radius 3 is 2.22 bits per heavy atom. The maximum atomic E-state index is 13.3. The molecule has 2 amide bonds. The molecular weight excluding hydrogens is 461 g/mol. The number of carbonyl (C=O) groups excluding carboxylic acids is 2. The van der Waals surface area contributed by atoms with Gasteiger partial charge in [-0.1, -0.05) is 13.8 Å². The van der Waals surface area contributed by atoms with Gasteiger partial charge in [0.2, 0.25) is 11.9 Å². The van der Waals surface area contributed by atoms with E-state index >= 15 is 0 Å². The number of ether oxygens (including phenoxy) is 1. The maximum Gasteiger partial charge on any atom is 0.498 e. The van der Waals surface area contributed by atoms with Crippen LogP contribution in [-0.4, -0.2) is 83.0 Å². The standard InChI is InChI=1S/C25H42BN5O5/c1-16(2)19(29-22(33)34-23(3,4)5)20(32)31-12-11-18(15-31)30(10)21-27-13-17(14-28-21)26-35-24(6,7)25(8,9)36-26/h13-14,16,18-19H,11-12,15H2,1-10H3,(H,29,33)/t18-,19-/m0/s1. The van der Waals surface area contributed by atoms with E-state index in [4.69, 9.17) is 14.0 Å². The van der Waals surface area contributed by atoms with Crippen molar-refractivity contribution in [3.05, 3.63) is 12.4 Å². The second-order valence-electron chi connectivity index (χ2n) is 12.1. The van der Waals surface area contributed by atoms with E-state index in [-0.39, 0.29) is 17.9 Å². The molecule has 1 aromatic heterocycles. The number of nitrogens with one attached hydrogen (secondary N) is 1. The number of anilines is 1. The molecule has 200 valence electrons. The fourth-order valence-electron chi connectivity index (χ4n) is 4.18. The second-order valence-corrected chi connectivity index (χ2v) is 12.1. The maximum absolute atomic E-state index is 13.3. The molecule has 0 radical (unpaired) electrons. The van der Waals surface area contributed by atoms with Gasteiger partial charge in [-0.15, -0.1) is 0 Å². The molecule has 10 nitrogen and oxygen atoms in total. The van der Waals surface area contributed by atoms with Crippen molar-refractivity contribution in [3.63, 3.8) is 0 Å². The van der Waals surface area contributed by atoms with E-state index in [0.717, 1.165) is 11.9 Å². The lowest BCUT2D eigenvalue weighted by Crippen LogP contribution is -2.52. The van der Waals surface area contributed by atoms with Crippen molar-refractivity contribution in [1.29, 1.82) is 0 Å². The average Bonchev–Trinajstić information content (AvgIpc) is 3.32. The fourth-order valence-corrected chi connectivity index (χ4v) is 4.18. The topological polar surface area (TPSA) is 106 Å². The first-order chi connectivity index (χ1) is 16.5. The molecule has 0 saturated carbocycles. The van der Waals surface area contributed by atoms with Crippen molar-refractivity contribution in [2.24, 2.45) is 5.92 Å². The van der Waals surface area contributed by atoms with Crippen LogP contribution in [0.4, 0.5) is 10.7 Å². The van der Waals surface area contributed by atoms with Crippen molar-refractivity contribution in [1.82, 2.24) is 20.2 Å². The number of hydrogen-bond acceptors (Lipinski definition) is 8. The van der Waals surface area contributed by atoms with Gasteiger partial charge in [-0.25, -0.2) is 14.8 Å². The van der Waals surface area contributed by atoms with Crippen LogP contribution in [0.1, 0.15) is 68.7 Å². The van der Waals surface area contributed by atoms with Crippen LogP contribution in [0, 0.1) is 5.92 Å². The number of rotatable bonds is 6. The summed E-state index contributed by atoms with van der Waals surface area (Å²) in [5, 5.41) is 2.76. The van der Waals surface area contributed by atoms with Crippen molar-refractivity contribution < 1.29 is 23.6 Å². The Bertz CT molecular complexity index is 931. The summed E-state index contributed by atoms with van der Waals surface area (Å²) in [5.41, 5.74) is -0.728. The van der Waals surface area contributed by atoms with Gasteiger partial charge in [-0.3, -0.25) is 4.79 Å². The van der Waals surface area contributed by atoms with E-state index in [1.165, 1.54) is 0 Å². The molecule has 36 heavy (non-hydrogen) atoms. The number of nitrogens with zero attached hydrogens (tertiary/aromatic N) is 4. The van der Waals surface area contributed by atoms with Crippen LogP contribution >= 0.6 is 0 Å². The van der Waals surface area contributed by atoms with Crippen LogP contribution in [0.3, 0.4) is 0 Å². The summed E-state index contributed by atoms with van der Waals surface area (Å²) < 4.78 is 17.5. The zero-order valence-corrected chi connectivity index (χ0v) is 23.4. The number of aromatic nitrogens is 2. The third-order valence-electron chi connectivity index (χ3n) is 7.13. The van der Waals surface area contributed by atoms with Crippen molar-refractivity contribution in [2.75, 3.05) is 25.0 Å². The molecule has 0 unspecified atom stereocenters. The summed E-state index contributed by atoms with van der Waals surface area (Å²) in [4.78, 5) is 38.4. The molecule has 2 aliphatic heterocycles. The number of hydrogen-bond donors (Lipinski definition) is 1. The summed E-state index contributed by atoms with van der Waals surface area (Å²) in [6, 6.07) is -0.592. The van der Waals surface area contributed by atoms with Gasteiger partial charge in [-0.05, 0) is 60.8 Å². The molecule has 3 heterocycles. The predicted octanol–water partition coefficient (Wildman–Crippen LogP) is 2.36. The number of likely N-dealkylation sites (tertiary alicyclic amines) is 1. The molecule has 0 aromatic carbocycles. The fraction of sp³-hybridized carbons (Fsp3) is 0.760. The number of likely N-dealkylation sites (N-methyl/N-ethyl adjacent to an activating group) is 1. The van der Waals surface area contributed by atoms with Gasteiger partial charge in [0.05, 0.1) is 17.2 Å². The molecular formula is C25H42BN5O5. The first-order valence-corrected chi connectivity index (χ1v) is 12.7. The summed E-state index contributed by atoms with van der Waals surface area (Å²) in [5.74, 6) is 0.387. The number of alkyl carbamates (subject to hydrolysis) is 1. The van der Waals surface area contributed by atoms with E-state index in [9.17, 15) is 9.59 Å². The monoisotopic (exact) mass is 503 g/mol. The highest BCUT2D eigenvalue weighted by Crippen LogP contribution is 2.36. The summed E-state index contributed by atoms with van der Waals surface area (Å²) >= 11 is 0. The largest absolute Gasteiger partial charge is 0.498 e. The van der Waals surface area contributed by atoms with Gasteiger partial charge in [-0.2, -0.15) is 0 Å². The normalized spacial score (nSPS) is 22.0. The Hall–Kier alpha value is -2.40. The van der Waals surface area contributed by atoms with Crippen LogP contribution in [0.25, 0.3) is 0 Å². The third kappa shape index (κ3) is 6.29. The van der Waals surface area contributed by atoms with Gasteiger partial charge < -0.3 is 29.2 Å². The molecule has 3 rings (SSSR count). The highest BCUT2D eigenvalue weighted by Gasteiger charge is 2.52. The van der Waals surface area contributed by atoms with Crippen molar-refractivity contribution in [3.8, 4) is 0 Å². The first kappa shape index (κ1) is 28.2. The minimum absolute atomic E-state index is 0.0611. The van der Waals surface area contributed by atoms with Crippen LogP contribution in [0.15, 0.2) is 12.4 Å². The van der Waals surface area contributed by atoms with Crippen LogP contribution in [0.5, 0.6) is 0 Å². The predicted molar refractivity (Wildman–Crippen MR) is 139 cm³/mol. The zero-order valence-electron chi connectivity index (χ0n) is 23.4. The van der Waals surface area contributed by atoms with Gasteiger partial charge in [0.15, 0.2) is 0 Å². The highest BCUT2D eigenvalue weighted by molar-refractivity contribution is 6.61. The van der Waals surface area contributed by atoms with E-state index in [1.807, 2.05) is 53.5 Å². The Morgan fingerprint density at radius 1 is 1.17 bits per heavy atom. The van der Waals surface area contributed by atoms with E-state index in [2.05, 4.69) is 15.3 Å². The molecule has 2 saturated heterocycles. The molecule has 0 spiro atoms. The SMILES string of the molecule is CC(C)[C@H](NC(=O)OC(C)(C)C)C(=O)N1CC[C@H](N(C)c2ncc(B3OC(C)(C)C(C)(C)O3)cn2)C1.